The highest BCUT2D eigenvalue weighted by atomic mass is 19.3. The molecule has 214 valence electrons. The number of aromatic nitrogens is 7. The van der Waals surface area contributed by atoms with E-state index in [4.69, 9.17) is 0 Å². The number of alkyl halides is 2. The fourth-order valence-corrected chi connectivity index (χ4v) is 5.11. The Morgan fingerprint density at radius 1 is 1.02 bits per heavy atom. The van der Waals surface area contributed by atoms with E-state index in [0.29, 0.717) is 42.4 Å². The van der Waals surface area contributed by atoms with E-state index < -0.39 is 12.6 Å². The largest absolute Gasteiger partial charge is 0.350 e. The number of hydrogen-bond donors (Lipinski definition) is 2. The molecule has 3 aromatic heterocycles. The number of benzene rings is 2. The van der Waals surface area contributed by atoms with Gasteiger partial charge in [-0.1, -0.05) is 39.8 Å². The zero-order valence-corrected chi connectivity index (χ0v) is 22.6. The summed E-state index contributed by atoms with van der Waals surface area (Å²) < 4.78 is 28.1. The van der Waals surface area contributed by atoms with Gasteiger partial charge in [0.1, 0.15) is 11.2 Å². The summed E-state index contributed by atoms with van der Waals surface area (Å²) in [6, 6.07) is 18.0. The van der Waals surface area contributed by atoms with Gasteiger partial charge in [-0.3, -0.25) is 19.5 Å². The van der Waals surface area contributed by atoms with Gasteiger partial charge in [0.15, 0.2) is 5.82 Å². The van der Waals surface area contributed by atoms with E-state index in [1.807, 2.05) is 54.7 Å². The van der Waals surface area contributed by atoms with Crippen molar-refractivity contribution in [3.05, 3.63) is 90.1 Å². The number of pyridine rings is 1. The Morgan fingerprint density at radius 2 is 1.81 bits per heavy atom. The van der Waals surface area contributed by atoms with Gasteiger partial charge in [0, 0.05) is 57.1 Å². The summed E-state index contributed by atoms with van der Waals surface area (Å²) in [6.07, 6.45) is 3.47. The maximum atomic E-state index is 13.5. The second kappa shape index (κ2) is 11.4. The van der Waals surface area contributed by atoms with Gasteiger partial charge in [-0.15, -0.1) is 10.2 Å². The smallest absolute Gasteiger partial charge is 0.335 e. The van der Waals surface area contributed by atoms with Gasteiger partial charge in [-0.2, -0.15) is 13.9 Å². The molecule has 0 spiro atoms. The standard InChI is InChI=1S/C28H26F2N10O2/c1-18(41)32-21-7-8-23-20(15-21)17-39(34-23)22-9-10-31-24(16-22)27(42)38-13-11-37(12-14-38)25(19-5-3-2-4-6-19)26-33-36-40(35-26)28(29)30/h2-10,15-17,25,28H,11-14H2,1H3,(H,32,41)/p+1/t25-/m1/s1. The number of piperazine rings is 1. The third-order valence-corrected chi connectivity index (χ3v) is 7.07. The van der Waals surface area contributed by atoms with Crippen molar-refractivity contribution < 1.29 is 23.1 Å². The highest BCUT2D eigenvalue weighted by Crippen LogP contribution is 2.28. The van der Waals surface area contributed by atoms with Crippen LogP contribution in [0.4, 0.5) is 14.5 Å². The number of aromatic amines is 1. The van der Waals surface area contributed by atoms with Crippen molar-refractivity contribution in [2.45, 2.75) is 19.5 Å². The van der Waals surface area contributed by atoms with Crippen molar-refractivity contribution >= 4 is 28.4 Å². The van der Waals surface area contributed by atoms with Crippen molar-refractivity contribution in [2.75, 3.05) is 31.5 Å². The summed E-state index contributed by atoms with van der Waals surface area (Å²) in [5, 5.41) is 18.3. The second-order valence-corrected chi connectivity index (χ2v) is 9.88. The molecule has 0 saturated carbocycles. The molecule has 4 heterocycles. The normalized spacial score (nSPS) is 14.8. The molecule has 1 atom stereocenters. The van der Waals surface area contributed by atoms with Crippen LogP contribution in [-0.4, -0.2) is 78.1 Å². The number of tetrazole rings is 1. The molecule has 12 nitrogen and oxygen atoms in total. The van der Waals surface area contributed by atoms with Crippen LogP contribution >= 0.6 is 0 Å². The maximum absolute atomic E-state index is 13.5. The van der Waals surface area contributed by atoms with Crippen LogP contribution in [0.2, 0.25) is 0 Å². The molecule has 14 heteroatoms. The average Bonchev–Trinajstić information content (AvgIpc) is 3.66. The van der Waals surface area contributed by atoms with Crippen LogP contribution in [0.1, 0.15) is 41.4 Å². The zero-order valence-electron chi connectivity index (χ0n) is 22.6. The Kier molecular flexibility index (Phi) is 7.35. The van der Waals surface area contributed by atoms with E-state index in [1.54, 1.807) is 27.9 Å². The number of nitrogens with one attached hydrogen (secondary N) is 2. The summed E-state index contributed by atoms with van der Waals surface area (Å²) in [5.74, 6) is -0.183. The molecule has 5 aromatic rings. The highest BCUT2D eigenvalue weighted by Gasteiger charge is 2.32. The Bertz CT molecular complexity index is 1730. The van der Waals surface area contributed by atoms with E-state index in [0.717, 1.165) is 22.2 Å². The van der Waals surface area contributed by atoms with Gasteiger partial charge < -0.3 is 10.2 Å². The summed E-state index contributed by atoms with van der Waals surface area (Å²) in [4.78, 5) is 33.3. The van der Waals surface area contributed by atoms with Crippen molar-refractivity contribution in [2.24, 2.45) is 0 Å². The number of hydrogen-bond acceptors (Lipinski definition) is 7. The molecule has 42 heavy (non-hydrogen) atoms. The number of halogens is 2. The first-order valence-corrected chi connectivity index (χ1v) is 13.3. The van der Waals surface area contributed by atoms with Crippen molar-refractivity contribution in [3.63, 3.8) is 0 Å². The Labute approximate surface area is 238 Å². The lowest BCUT2D eigenvalue weighted by Crippen LogP contribution is -2.50. The Morgan fingerprint density at radius 3 is 2.52 bits per heavy atom. The number of fused-ring (bicyclic) bond motifs is 1. The predicted octanol–water partition coefficient (Wildman–Crippen LogP) is 2.73. The van der Waals surface area contributed by atoms with E-state index in [2.05, 4.69) is 35.7 Å². The van der Waals surface area contributed by atoms with Crippen LogP contribution in [0.5, 0.6) is 0 Å². The van der Waals surface area contributed by atoms with E-state index in [1.165, 1.54) is 6.92 Å². The minimum Gasteiger partial charge on any atom is -0.335 e. The molecule has 2 amide bonds. The molecule has 0 radical (unpaired) electrons. The molecule has 1 saturated heterocycles. The van der Waals surface area contributed by atoms with Crippen LogP contribution in [0, 0.1) is 0 Å². The minimum atomic E-state index is -2.89. The highest BCUT2D eigenvalue weighted by molar-refractivity contribution is 5.93. The fourth-order valence-electron chi connectivity index (χ4n) is 5.11. The molecule has 1 aliphatic rings. The first kappa shape index (κ1) is 27.1. The van der Waals surface area contributed by atoms with Crippen molar-refractivity contribution in [1.29, 1.82) is 0 Å². The second-order valence-electron chi connectivity index (χ2n) is 9.88. The molecular formula is C28H27F2N10O2+. The van der Waals surface area contributed by atoms with Gasteiger partial charge in [0.05, 0.1) is 11.4 Å². The van der Waals surface area contributed by atoms with Gasteiger partial charge >= 0.3 is 6.55 Å². The van der Waals surface area contributed by atoms with Gasteiger partial charge in [0.2, 0.25) is 17.8 Å². The lowest BCUT2D eigenvalue weighted by Gasteiger charge is -2.38. The fraction of sp³-hybridized carbons (Fsp3) is 0.250. The Balaban J connectivity index is 1.18. The molecule has 6 rings (SSSR count). The topological polar surface area (TPSA) is 129 Å². The van der Waals surface area contributed by atoms with Gasteiger partial charge in [-0.25, -0.2) is 0 Å². The summed E-state index contributed by atoms with van der Waals surface area (Å²) in [5.41, 5.74) is 3.42. The summed E-state index contributed by atoms with van der Waals surface area (Å²) >= 11 is 0. The first-order chi connectivity index (χ1) is 20.4. The number of H-pyrrole nitrogens is 1. The lowest BCUT2D eigenvalue weighted by molar-refractivity contribution is -0.653. The molecule has 2 aromatic carbocycles. The van der Waals surface area contributed by atoms with E-state index >= 15 is 0 Å². The van der Waals surface area contributed by atoms with Crippen LogP contribution in [-0.2, 0) is 4.79 Å². The third-order valence-electron chi connectivity index (χ3n) is 7.07. The zero-order chi connectivity index (χ0) is 29.2. The molecule has 1 fully saturated rings. The molecule has 0 unspecified atom stereocenters. The number of nitrogens with zero attached hydrogens (tertiary/aromatic N) is 8. The van der Waals surface area contributed by atoms with Crippen LogP contribution in [0.15, 0.2) is 73.1 Å². The van der Waals surface area contributed by atoms with Gasteiger partial charge in [0.25, 0.3) is 5.91 Å². The number of anilines is 1. The summed E-state index contributed by atoms with van der Waals surface area (Å²) in [6.45, 7) is 0.330. The molecule has 1 aliphatic heterocycles. The first-order valence-electron chi connectivity index (χ1n) is 13.3. The SMILES string of the molecule is CC(=O)Nc1ccc2[nH][n+](-c3ccnc(C(=O)N4CCN([C@H](c5ccccc5)c5nnn(C(F)F)n5)CC4)c3)cc2c1. The number of carbonyl (C=O) groups is 2. The molecule has 2 N–H and O–H groups in total. The molecule has 0 bridgehead atoms. The van der Waals surface area contributed by atoms with E-state index in [-0.39, 0.29) is 17.6 Å². The summed E-state index contributed by atoms with van der Waals surface area (Å²) in [7, 11) is 0. The number of rotatable bonds is 7. The number of amides is 2. The van der Waals surface area contributed by atoms with Crippen LogP contribution < -0.4 is 10.00 Å². The van der Waals surface area contributed by atoms with Crippen molar-refractivity contribution in [1.82, 2.24) is 40.1 Å². The van der Waals surface area contributed by atoms with E-state index in [9.17, 15) is 18.4 Å². The van der Waals surface area contributed by atoms with Crippen molar-refractivity contribution in [3.8, 4) is 5.69 Å². The molecular weight excluding hydrogens is 546 g/mol. The maximum Gasteiger partial charge on any atom is 0.350 e. The van der Waals surface area contributed by atoms with Crippen LogP contribution in [0.25, 0.3) is 16.6 Å². The minimum absolute atomic E-state index is 0.150. The predicted molar refractivity (Wildman–Crippen MR) is 147 cm³/mol. The number of carbonyl (C=O) groups excluding carboxylic acids is 2. The quantitative estimate of drug-likeness (QED) is 0.287. The monoisotopic (exact) mass is 573 g/mol. The lowest BCUT2D eigenvalue weighted by atomic mass is 10.0. The molecule has 0 aliphatic carbocycles. The average molecular weight is 574 g/mol. The van der Waals surface area contributed by atoms with Gasteiger partial charge in [-0.05, 0) is 29.0 Å². The Hall–Kier alpha value is -5.11. The third kappa shape index (κ3) is 5.56. The van der Waals surface area contributed by atoms with Crippen LogP contribution in [0.3, 0.4) is 0 Å².